The molecule has 66 valence electrons. The molecule has 0 amide bonds. The van der Waals surface area contributed by atoms with Crippen molar-refractivity contribution in [3.63, 3.8) is 0 Å². The van der Waals surface area contributed by atoms with E-state index in [0.29, 0.717) is 12.8 Å². The Hall–Kier alpha value is 0.820. The summed E-state index contributed by atoms with van der Waals surface area (Å²) in [5, 5.41) is 0. The smallest absolute Gasteiger partial charge is 0.212 e. The summed E-state index contributed by atoms with van der Waals surface area (Å²) < 4.78 is 20.2. The van der Waals surface area contributed by atoms with E-state index in [4.69, 9.17) is 33.9 Å². The lowest BCUT2D eigenvalue weighted by atomic mass is 10.3. The molecule has 1 fully saturated rings. The summed E-state index contributed by atoms with van der Waals surface area (Å²) in [6.45, 7) is 0. The molecule has 0 aromatic carbocycles. The fourth-order valence-electron chi connectivity index (χ4n) is 0.866. The van der Waals surface area contributed by atoms with Gasteiger partial charge in [-0.1, -0.05) is 0 Å². The summed E-state index contributed by atoms with van der Waals surface area (Å²) in [6, 6.07) is 0. The minimum Gasteiger partial charge on any atom is -0.212 e. The van der Waals surface area contributed by atoms with Gasteiger partial charge in [-0.05, 0) is 18.8 Å². The summed E-state index contributed by atoms with van der Waals surface area (Å²) >= 11 is 11.3. The molecule has 0 radical (unpaired) electrons. The van der Waals surface area contributed by atoms with Crippen molar-refractivity contribution in [2.45, 2.75) is 17.2 Å². The van der Waals surface area contributed by atoms with Gasteiger partial charge in [-0.15, -0.1) is 23.2 Å². The predicted molar refractivity (Wildman–Crippen MR) is 46.8 cm³/mol. The third-order valence-electron chi connectivity index (χ3n) is 1.67. The van der Waals surface area contributed by atoms with Crippen LogP contribution in [-0.2, 0) is 9.05 Å². The number of hydrogen-bond acceptors (Lipinski definition) is 2. The van der Waals surface area contributed by atoms with Crippen LogP contribution in [0.4, 0.5) is 0 Å². The maximum Gasteiger partial charge on any atom is 0.232 e. The molecular formula is C5H7Cl3O2S. The summed E-state index contributed by atoms with van der Waals surface area (Å²) in [5.41, 5.74) is 0. The van der Waals surface area contributed by atoms with Crippen LogP contribution in [0.5, 0.6) is 0 Å². The van der Waals surface area contributed by atoms with Gasteiger partial charge in [0.25, 0.3) is 0 Å². The van der Waals surface area contributed by atoms with Gasteiger partial charge in [-0.2, -0.15) is 0 Å². The number of halogens is 3. The highest BCUT2D eigenvalue weighted by Gasteiger charge is 2.51. The fraction of sp³-hybridized carbons (Fsp3) is 1.00. The standard InChI is InChI=1S/C5H7Cl3O2S/c6-5(7)3-4(5)1-2-11(8,9)10/h4H,1-3H2. The quantitative estimate of drug-likeness (QED) is 0.557. The largest absolute Gasteiger partial charge is 0.232 e. The van der Waals surface area contributed by atoms with E-state index in [1.165, 1.54) is 0 Å². The third kappa shape index (κ3) is 3.36. The third-order valence-corrected chi connectivity index (χ3v) is 3.78. The second-order valence-corrected chi connectivity index (χ2v) is 7.13. The van der Waals surface area contributed by atoms with Gasteiger partial charge in [0, 0.05) is 10.7 Å². The molecular weight excluding hydrogens is 230 g/mol. The van der Waals surface area contributed by atoms with Crippen molar-refractivity contribution in [1.82, 2.24) is 0 Å². The Bertz CT molecular complexity index is 246. The molecule has 1 rings (SSSR count). The van der Waals surface area contributed by atoms with Crippen molar-refractivity contribution < 1.29 is 8.42 Å². The fourth-order valence-corrected chi connectivity index (χ4v) is 2.29. The van der Waals surface area contributed by atoms with Gasteiger partial charge < -0.3 is 0 Å². The maximum absolute atomic E-state index is 10.5. The Labute approximate surface area is 80.2 Å². The van der Waals surface area contributed by atoms with E-state index in [2.05, 4.69) is 0 Å². The van der Waals surface area contributed by atoms with Gasteiger partial charge in [0.15, 0.2) is 0 Å². The number of hydrogen-bond donors (Lipinski definition) is 0. The highest BCUT2D eigenvalue weighted by atomic mass is 35.7. The van der Waals surface area contributed by atoms with Gasteiger partial charge in [0.1, 0.15) is 4.33 Å². The van der Waals surface area contributed by atoms with Crippen molar-refractivity contribution in [3.05, 3.63) is 0 Å². The zero-order valence-electron chi connectivity index (χ0n) is 5.56. The first-order valence-electron chi connectivity index (χ1n) is 3.11. The molecule has 11 heavy (non-hydrogen) atoms. The molecule has 0 saturated heterocycles. The van der Waals surface area contributed by atoms with Crippen molar-refractivity contribution in [2.75, 3.05) is 5.75 Å². The van der Waals surface area contributed by atoms with Gasteiger partial charge in [0.2, 0.25) is 9.05 Å². The first kappa shape index (κ1) is 9.90. The zero-order chi connectivity index (χ0) is 8.70. The lowest BCUT2D eigenvalue weighted by Gasteiger charge is -1.96. The van der Waals surface area contributed by atoms with Crippen LogP contribution in [-0.4, -0.2) is 18.5 Å². The SMILES string of the molecule is O=S(=O)(Cl)CCC1CC1(Cl)Cl. The van der Waals surface area contributed by atoms with E-state index < -0.39 is 13.4 Å². The summed E-state index contributed by atoms with van der Waals surface area (Å²) in [5.74, 6) is 0.0554. The average Bonchev–Trinajstić information content (AvgIpc) is 2.33. The molecule has 0 heterocycles. The van der Waals surface area contributed by atoms with Crippen LogP contribution in [0.1, 0.15) is 12.8 Å². The summed E-state index contributed by atoms with van der Waals surface area (Å²) in [6.07, 6.45) is 1.13. The molecule has 2 nitrogen and oxygen atoms in total. The van der Waals surface area contributed by atoms with E-state index in [9.17, 15) is 8.42 Å². The zero-order valence-corrected chi connectivity index (χ0v) is 8.64. The predicted octanol–water partition coefficient (Wildman–Crippen LogP) is 2.14. The molecule has 0 aromatic rings. The van der Waals surface area contributed by atoms with Crippen LogP contribution in [0.25, 0.3) is 0 Å². The summed E-state index contributed by atoms with van der Waals surface area (Å²) in [7, 11) is 1.61. The molecule has 1 aliphatic rings. The highest BCUT2D eigenvalue weighted by molar-refractivity contribution is 8.13. The molecule has 0 bridgehead atoms. The van der Waals surface area contributed by atoms with Gasteiger partial charge in [0.05, 0.1) is 5.75 Å². The molecule has 1 aliphatic carbocycles. The van der Waals surface area contributed by atoms with Crippen molar-refractivity contribution in [2.24, 2.45) is 5.92 Å². The summed E-state index contributed by atoms with van der Waals surface area (Å²) in [4.78, 5) is 0. The van der Waals surface area contributed by atoms with Crippen LogP contribution in [0, 0.1) is 5.92 Å². The van der Waals surface area contributed by atoms with Gasteiger partial charge in [-0.3, -0.25) is 0 Å². The van der Waals surface area contributed by atoms with Gasteiger partial charge in [-0.25, -0.2) is 8.42 Å². The van der Waals surface area contributed by atoms with Crippen LogP contribution < -0.4 is 0 Å². The molecule has 0 N–H and O–H groups in total. The maximum atomic E-state index is 10.5. The molecule has 0 aliphatic heterocycles. The Morgan fingerprint density at radius 1 is 1.45 bits per heavy atom. The van der Waals surface area contributed by atoms with Crippen molar-refractivity contribution in [1.29, 1.82) is 0 Å². The average molecular weight is 238 g/mol. The van der Waals surface area contributed by atoms with Crippen molar-refractivity contribution >= 4 is 42.9 Å². The van der Waals surface area contributed by atoms with Crippen LogP contribution in [0.15, 0.2) is 0 Å². The Kier molecular flexibility index (Phi) is 2.65. The molecule has 1 atom stereocenters. The van der Waals surface area contributed by atoms with E-state index in [-0.39, 0.29) is 11.7 Å². The topological polar surface area (TPSA) is 34.1 Å². The van der Waals surface area contributed by atoms with Crippen LogP contribution in [0.2, 0.25) is 0 Å². The number of alkyl halides is 2. The minimum absolute atomic E-state index is 0.0413. The normalized spacial score (nSPS) is 28.5. The minimum atomic E-state index is -3.37. The Morgan fingerprint density at radius 3 is 2.18 bits per heavy atom. The van der Waals surface area contributed by atoms with Gasteiger partial charge >= 0.3 is 0 Å². The monoisotopic (exact) mass is 236 g/mol. The molecule has 0 spiro atoms. The second-order valence-electron chi connectivity index (χ2n) is 2.69. The number of rotatable bonds is 3. The van der Waals surface area contributed by atoms with E-state index in [1.54, 1.807) is 0 Å². The Balaban J connectivity index is 2.27. The molecule has 6 heteroatoms. The van der Waals surface area contributed by atoms with E-state index in [0.717, 1.165) is 0 Å². The Morgan fingerprint density at radius 2 is 1.91 bits per heavy atom. The molecule has 0 aromatic heterocycles. The van der Waals surface area contributed by atoms with Crippen LogP contribution in [0.3, 0.4) is 0 Å². The first-order chi connectivity index (χ1) is 4.81. The van der Waals surface area contributed by atoms with Crippen LogP contribution >= 0.6 is 33.9 Å². The van der Waals surface area contributed by atoms with E-state index in [1.807, 2.05) is 0 Å². The van der Waals surface area contributed by atoms with E-state index >= 15 is 0 Å². The second kappa shape index (κ2) is 2.95. The van der Waals surface area contributed by atoms with Crippen molar-refractivity contribution in [3.8, 4) is 0 Å². The lowest BCUT2D eigenvalue weighted by Crippen LogP contribution is -2.00. The molecule has 1 saturated carbocycles. The highest BCUT2D eigenvalue weighted by Crippen LogP contribution is 2.55. The first-order valence-corrected chi connectivity index (χ1v) is 6.35. The molecule has 1 unspecified atom stereocenters. The lowest BCUT2D eigenvalue weighted by molar-refractivity contribution is 0.603.